The van der Waals surface area contributed by atoms with Gasteiger partial charge in [0.05, 0.1) is 0 Å². The van der Waals surface area contributed by atoms with Crippen molar-refractivity contribution in [1.82, 2.24) is 9.88 Å². The molecule has 0 bridgehead atoms. The van der Waals surface area contributed by atoms with Crippen molar-refractivity contribution in [3.63, 3.8) is 0 Å². The smallest absolute Gasteiger partial charge is 0.251 e. The second kappa shape index (κ2) is 5.74. The lowest BCUT2D eigenvalue weighted by Crippen LogP contribution is -2.27. The standard InChI is InChI=1S/C16H20N2O/c1-12-5-4-6-15(11-12)16(19)17-9-10-18-13(2)7-8-14(18)3/h4-8,11H,9-10H2,1-3H3,(H,17,19). The number of nitrogens with zero attached hydrogens (tertiary/aromatic N) is 1. The molecule has 0 saturated heterocycles. The predicted molar refractivity (Wildman–Crippen MR) is 77.4 cm³/mol. The van der Waals surface area contributed by atoms with Gasteiger partial charge < -0.3 is 9.88 Å². The molecule has 0 fully saturated rings. The van der Waals surface area contributed by atoms with Gasteiger partial charge in [-0.3, -0.25) is 4.79 Å². The number of carbonyl (C=O) groups excluding carboxylic acids is 1. The number of amides is 1. The average Bonchev–Trinajstić information content (AvgIpc) is 2.70. The highest BCUT2D eigenvalue weighted by atomic mass is 16.1. The van der Waals surface area contributed by atoms with E-state index < -0.39 is 0 Å². The van der Waals surface area contributed by atoms with Crippen LogP contribution in [-0.4, -0.2) is 17.0 Å². The quantitative estimate of drug-likeness (QED) is 0.896. The van der Waals surface area contributed by atoms with Gasteiger partial charge in [-0.15, -0.1) is 0 Å². The Hall–Kier alpha value is -2.03. The van der Waals surface area contributed by atoms with E-state index in [0.29, 0.717) is 6.54 Å². The fourth-order valence-corrected chi connectivity index (χ4v) is 2.22. The Balaban J connectivity index is 1.91. The van der Waals surface area contributed by atoms with Gasteiger partial charge in [0.15, 0.2) is 0 Å². The van der Waals surface area contributed by atoms with Crippen LogP contribution >= 0.6 is 0 Å². The molecular weight excluding hydrogens is 236 g/mol. The van der Waals surface area contributed by atoms with Crippen molar-refractivity contribution in [2.45, 2.75) is 27.3 Å². The summed E-state index contributed by atoms with van der Waals surface area (Å²) in [5, 5.41) is 2.96. The van der Waals surface area contributed by atoms with Crippen molar-refractivity contribution >= 4 is 5.91 Å². The summed E-state index contributed by atoms with van der Waals surface area (Å²) in [5.41, 5.74) is 4.27. The molecule has 0 saturated carbocycles. The van der Waals surface area contributed by atoms with E-state index in [1.54, 1.807) is 0 Å². The van der Waals surface area contributed by atoms with Crippen molar-refractivity contribution in [2.75, 3.05) is 6.54 Å². The Morgan fingerprint density at radius 2 is 1.79 bits per heavy atom. The molecule has 1 N–H and O–H groups in total. The van der Waals surface area contributed by atoms with Crippen LogP contribution < -0.4 is 5.32 Å². The Bertz CT molecular complexity index is 565. The second-order valence-corrected chi connectivity index (χ2v) is 4.89. The third-order valence-electron chi connectivity index (χ3n) is 3.32. The van der Waals surface area contributed by atoms with Crippen molar-refractivity contribution in [3.8, 4) is 0 Å². The SMILES string of the molecule is Cc1cccc(C(=O)NCCn2c(C)ccc2C)c1. The normalized spacial score (nSPS) is 10.5. The number of carbonyl (C=O) groups is 1. The summed E-state index contributed by atoms with van der Waals surface area (Å²) in [6.45, 7) is 7.60. The van der Waals surface area contributed by atoms with Crippen LogP contribution in [0, 0.1) is 20.8 Å². The summed E-state index contributed by atoms with van der Waals surface area (Å²) in [5.74, 6) is -0.00818. The zero-order valence-electron chi connectivity index (χ0n) is 11.7. The van der Waals surface area contributed by atoms with Crippen LogP contribution in [-0.2, 0) is 6.54 Å². The minimum absolute atomic E-state index is 0.00818. The van der Waals surface area contributed by atoms with Crippen LogP contribution in [0.2, 0.25) is 0 Å². The monoisotopic (exact) mass is 256 g/mol. The van der Waals surface area contributed by atoms with Crippen molar-refractivity contribution < 1.29 is 4.79 Å². The first-order valence-corrected chi connectivity index (χ1v) is 6.55. The van der Waals surface area contributed by atoms with Gasteiger partial charge in [0.2, 0.25) is 0 Å². The van der Waals surface area contributed by atoms with Crippen molar-refractivity contribution in [3.05, 3.63) is 58.9 Å². The maximum atomic E-state index is 12.0. The fraction of sp³-hybridized carbons (Fsp3) is 0.312. The minimum atomic E-state index is -0.00818. The number of aromatic nitrogens is 1. The third-order valence-corrected chi connectivity index (χ3v) is 3.32. The summed E-state index contributed by atoms with van der Waals surface area (Å²) >= 11 is 0. The lowest BCUT2D eigenvalue weighted by atomic mass is 10.1. The van der Waals surface area contributed by atoms with Gasteiger partial charge in [0, 0.05) is 30.0 Å². The van der Waals surface area contributed by atoms with Crippen LogP contribution in [0.3, 0.4) is 0 Å². The van der Waals surface area contributed by atoms with Crippen LogP contribution in [0.5, 0.6) is 0 Å². The molecule has 2 rings (SSSR count). The molecule has 0 unspecified atom stereocenters. The molecule has 1 aromatic heterocycles. The topological polar surface area (TPSA) is 34.0 Å². The maximum absolute atomic E-state index is 12.0. The Labute approximate surface area is 114 Å². The van der Waals surface area contributed by atoms with Gasteiger partial charge in [-0.2, -0.15) is 0 Å². The summed E-state index contributed by atoms with van der Waals surface area (Å²) in [6, 6.07) is 11.8. The highest BCUT2D eigenvalue weighted by Gasteiger charge is 2.05. The molecule has 19 heavy (non-hydrogen) atoms. The first kappa shape index (κ1) is 13.4. The van der Waals surface area contributed by atoms with Gasteiger partial charge in [-0.05, 0) is 45.0 Å². The van der Waals surface area contributed by atoms with Gasteiger partial charge in [0.1, 0.15) is 0 Å². The van der Waals surface area contributed by atoms with Gasteiger partial charge in [0.25, 0.3) is 5.91 Å². The summed E-state index contributed by atoms with van der Waals surface area (Å²) < 4.78 is 2.20. The van der Waals surface area contributed by atoms with Gasteiger partial charge in [-0.1, -0.05) is 17.7 Å². The summed E-state index contributed by atoms with van der Waals surface area (Å²) in [7, 11) is 0. The Morgan fingerprint density at radius 3 is 2.42 bits per heavy atom. The Morgan fingerprint density at radius 1 is 1.11 bits per heavy atom. The maximum Gasteiger partial charge on any atom is 0.251 e. The van der Waals surface area contributed by atoms with E-state index in [0.717, 1.165) is 17.7 Å². The second-order valence-electron chi connectivity index (χ2n) is 4.89. The molecule has 0 aliphatic carbocycles. The van der Waals surface area contributed by atoms with Crippen molar-refractivity contribution in [1.29, 1.82) is 0 Å². The molecule has 3 heteroatoms. The molecule has 0 aliphatic heterocycles. The summed E-state index contributed by atoms with van der Waals surface area (Å²) in [4.78, 5) is 12.0. The molecule has 1 aromatic carbocycles. The minimum Gasteiger partial charge on any atom is -0.350 e. The number of rotatable bonds is 4. The van der Waals surface area contributed by atoms with Crippen LogP contribution in [0.1, 0.15) is 27.3 Å². The molecule has 100 valence electrons. The van der Waals surface area contributed by atoms with Crippen LogP contribution in [0.4, 0.5) is 0 Å². The third kappa shape index (κ3) is 3.25. The lowest BCUT2D eigenvalue weighted by Gasteiger charge is -2.10. The zero-order valence-corrected chi connectivity index (χ0v) is 11.7. The summed E-state index contributed by atoms with van der Waals surface area (Å²) in [6.07, 6.45) is 0. The first-order chi connectivity index (χ1) is 9.08. The molecular formula is C16H20N2O. The number of nitrogens with one attached hydrogen (secondary N) is 1. The zero-order chi connectivity index (χ0) is 13.8. The largest absolute Gasteiger partial charge is 0.350 e. The van der Waals surface area contributed by atoms with Crippen LogP contribution in [0.15, 0.2) is 36.4 Å². The number of hydrogen-bond acceptors (Lipinski definition) is 1. The van der Waals surface area contributed by atoms with E-state index >= 15 is 0 Å². The van der Waals surface area contributed by atoms with Gasteiger partial charge >= 0.3 is 0 Å². The highest BCUT2D eigenvalue weighted by Crippen LogP contribution is 2.06. The molecule has 3 nitrogen and oxygen atoms in total. The highest BCUT2D eigenvalue weighted by molar-refractivity contribution is 5.94. The molecule has 1 heterocycles. The fourth-order valence-electron chi connectivity index (χ4n) is 2.22. The molecule has 0 atom stereocenters. The molecule has 2 aromatic rings. The van der Waals surface area contributed by atoms with E-state index in [2.05, 4.69) is 35.9 Å². The Kier molecular flexibility index (Phi) is 4.05. The predicted octanol–water partition coefficient (Wildman–Crippen LogP) is 2.84. The number of benzene rings is 1. The van der Waals surface area contributed by atoms with E-state index in [1.165, 1.54) is 11.4 Å². The lowest BCUT2D eigenvalue weighted by molar-refractivity contribution is 0.0952. The first-order valence-electron chi connectivity index (χ1n) is 6.55. The van der Waals surface area contributed by atoms with Gasteiger partial charge in [-0.25, -0.2) is 0 Å². The van der Waals surface area contributed by atoms with E-state index in [9.17, 15) is 4.79 Å². The van der Waals surface area contributed by atoms with Crippen LogP contribution in [0.25, 0.3) is 0 Å². The molecule has 0 spiro atoms. The average molecular weight is 256 g/mol. The van der Waals surface area contributed by atoms with E-state index in [-0.39, 0.29) is 5.91 Å². The number of aryl methyl sites for hydroxylation is 3. The van der Waals surface area contributed by atoms with Crippen molar-refractivity contribution in [2.24, 2.45) is 0 Å². The molecule has 0 aliphatic rings. The molecule has 1 amide bonds. The molecule has 0 radical (unpaired) electrons. The van der Waals surface area contributed by atoms with E-state index in [4.69, 9.17) is 0 Å². The number of hydrogen-bond donors (Lipinski definition) is 1. The van der Waals surface area contributed by atoms with E-state index in [1.807, 2.05) is 31.2 Å².